The zero-order valence-corrected chi connectivity index (χ0v) is 13.9. The van der Waals surface area contributed by atoms with Gasteiger partial charge in [0.05, 0.1) is 20.2 Å². The van der Waals surface area contributed by atoms with Crippen LogP contribution in [0.15, 0.2) is 40.8 Å². The normalized spacial score (nSPS) is 18.9. The molecule has 0 bridgehead atoms. The van der Waals surface area contributed by atoms with Crippen LogP contribution in [0.2, 0.25) is 0 Å². The van der Waals surface area contributed by atoms with Crippen molar-refractivity contribution in [3.05, 3.63) is 47.9 Å². The van der Waals surface area contributed by atoms with Gasteiger partial charge in [-0.15, -0.1) is 0 Å². The van der Waals surface area contributed by atoms with Gasteiger partial charge in [-0.1, -0.05) is 6.07 Å². The highest BCUT2D eigenvalue weighted by Gasteiger charge is 2.31. The van der Waals surface area contributed by atoms with Crippen molar-refractivity contribution < 1.29 is 19.1 Å². The molecule has 1 aliphatic rings. The lowest BCUT2D eigenvalue weighted by Gasteiger charge is -2.39. The summed E-state index contributed by atoms with van der Waals surface area (Å²) >= 11 is 0. The summed E-state index contributed by atoms with van der Waals surface area (Å²) in [5.74, 6) is 2.09. The summed E-state index contributed by atoms with van der Waals surface area (Å²) in [4.78, 5) is 16.5. The Hall–Kier alpha value is -2.31. The third kappa shape index (κ3) is 3.44. The molecular weight excluding hydrogens is 308 g/mol. The van der Waals surface area contributed by atoms with Crippen LogP contribution in [0.3, 0.4) is 0 Å². The number of furan rings is 1. The van der Waals surface area contributed by atoms with Gasteiger partial charge in [0, 0.05) is 24.3 Å². The highest BCUT2D eigenvalue weighted by Crippen LogP contribution is 2.26. The Bertz CT molecular complexity index is 713. The molecule has 128 valence electrons. The molecule has 1 aromatic carbocycles. The lowest BCUT2D eigenvalue weighted by molar-refractivity contribution is -0.122. The van der Waals surface area contributed by atoms with Gasteiger partial charge in [0.15, 0.2) is 0 Å². The van der Waals surface area contributed by atoms with E-state index in [1.807, 2.05) is 42.2 Å². The van der Waals surface area contributed by atoms with Crippen LogP contribution >= 0.6 is 0 Å². The number of ether oxygens (including phenoxy) is 1. The quantitative estimate of drug-likeness (QED) is 0.908. The summed E-state index contributed by atoms with van der Waals surface area (Å²) in [5.41, 5.74) is 0.854. The Labute approximate surface area is 141 Å². The number of rotatable bonds is 5. The summed E-state index contributed by atoms with van der Waals surface area (Å²) < 4.78 is 10.8. The Balaban J connectivity index is 1.70. The van der Waals surface area contributed by atoms with Gasteiger partial charge in [-0.25, -0.2) is 0 Å². The molecule has 2 aromatic rings. The summed E-state index contributed by atoms with van der Waals surface area (Å²) in [6.07, 6.45) is 0. The average Bonchev–Trinajstić information content (AvgIpc) is 3.02. The standard InChI is InChI=1S/C18H22N2O4/c1-13-9-19(10-16-6-7-17(12-21)24-16)11-18(22)20(13)14-4-3-5-15(8-14)23-2/h3-8,13,21H,9-12H2,1-2H3. The Morgan fingerprint density at radius 2 is 2.08 bits per heavy atom. The number of carbonyl (C=O) groups is 1. The van der Waals surface area contributed by atoms with Crippen LogP contribution in [0.1, 0.15) is 18.4 Å². The van der Waals surface area contributed by atoms with Gasteiger partial charge in [-0.05, 0) is 31.2 Å². The monoisotopic (exact) mass is 330 g/mol. The molecular formula is C18H22N2O4. The van der Waals surface area contributed by atoms with E-state index in [-0.39, 0.29) is 18.6 Å². The van der Waals surface area contributed by atoms with Crippen LogP contribution in [0, 0.1) is 0 Å². The van der Waals surface area contributed by atoms with Crippen LogP contribution in [-0.4, -0.2) is 42.2 Å². The van der Waals surface area contributed by atoms with Crippen molar-refractivity contribution in [2.75, 3.05) is 25.1 Å². The van der Waals surface area contributed by atoms with Crippen molar-refractivity contribution in [1.29, 1.82) is 0 Å². The van der Waals surface area contributed by atoms with Crippen LogP contribution < -0.4 is 9.64 Å². The number of aliphatic hydroxyl groups is 1. The van der Waals surface area contributed by atoms with E-state index in [1.54, 1.807) is 13.2 Å². The number of anilines is 1. The van der Waals surface area contributed by atoms with Crippen LogP contribution in [0.25, 0.3) is 0 Å². The molecule has 1 fully saturated rings. The molecule has 1 aliphatic heterocycles. The maximum Gasteiger partial charge on any atom is 0.241 e. The average molecular weight is 330 g/mol. The predicted molar refractivity (Wildman–Crippen MR) is 89.8 cm³/mol. The van der Waals surface area contributed by atoms with E-state index in [4.69, 9.17) is 14.3 Å². The van der Waals surface area contributed by atoms with Crippen molar-refractivity contribution in [3.63, 3.8) is 0 Å². The van der Waals surface area contributed by atoms with Crippen molar-refractivity contribution in [2.45, 2.75) is 26.1 Å². The minimum absolute atomic E-state index is 0.0469. The molecule has 0 saturated carbocycles. The first-order valence-electron chi connectivity index (χ1n) is 7.97. The third-order valence-corrected chi connectivity index (χ3v) is 4.17. The van der Waals surface area contributed by atoms with Gasteiger partial charge >= 0.3 is 0 Å². The van der Waals surface area contributed by atoms with Gasteiger partial charge in [-0.3, -0.25) is 9.69 Å². The topological polar surface area (TPSA) is 66.2 Å². The Morgan fingerprint density at radius 1 is 1.29 bits per heavy atom. The van der Waals surface area contributed by atoms with Crippen LogP contribution in [0.5, 0.6) is 5.75 Å². The molecule has 6 heteroatoms. The largest absolute Gasteiger partial charge is 0.497 e. The maximum absolute atomic E-state index is 12.6. The number of benzene rings is 1. The second-order valence-corrected chi connectivity index (χ2v) is 6.01. The summed E-state index contributed by atoms with van der Waals surface area (Å²) in [6, 6.07) is 11.2. The molecule has 24 heavy (non-hydrogen) atoms. The zero-order chi connectivity index (χ0) is 17.1. The molecule has 1 atom stereocenters. The van der Waals surface area contributed by atoms with Crippen LogP contribution in [-0.2, 0) is 17.9 Å². The van der Waals surface area contributed by atoms with Crippen molar-refractivity contribution in [2.24, 2.45) is 0 Å². The zero-order valence-electron chi connectivity index (χ0n) is 13.9. The summed E-state index contributed by atoms with van der Waals surface area (Å²) in [5, 5.41) is 9.07. The van der Waals surface area contributed by atoms with Crippen molar-refractivity contribution in [1.82, 2.24) is 4.90 Å². The SMILES string of the molecule is COc1cccc(N2C(=O)CN(Cc3ccc(CO)o3)CC2C)c1. The fourth-order valence-electron chi connectivity index (χ4n) is 3.13. The third-order valence-electron chi connectivity index (χ3n) is 4.17. The second kappa shape index (κ2) is 7.07. The summed E-state index contributed by atoms with van der Waals surface area (Å²) in [7, 11) is 1.62. The lowest BCUT2D eigenvalue weighted by Crippen LogP contribution is -2.55. The molecule has 0 aliphatic carbocycles. The fraction of sp³-hybridized carbons (Fsp3) is 0.389. The number of aliphatic hydroxyl groups excluding tert-OH is 1. The Kier molecular flexibility index (Phi) is 4.87. The second-order valence-electron chi connectivity index (χ2n) is 6.01. The smallest absolute Gasteiger partial charge is 0.241 e. The maximum atomic E-state index is 12.6. The molecule has 1 aromatic heterocycles. The van der Waals surface area contributed by atoms with Gasteiger partial charge < -0.3 is 19.2 Å². The predicted octanol–water partition coefficient (Wildman–Crippen LogP) is 2.02. The van der Waals surface area contributed by atoms with Gasteiger partial charge in [0.1, 0.15) is 23.9 Å². The van der Waals surface area contributed by atoms with Gasteiger partial charge in [-0.2, -0.15) is 0 Å². The van der Waals surface area contributed by atoms with E-state index in [1.165, 1.54) is 0 Å². The molecule has 1 unspecified atom stereocenters. The number of hydrogen-bond donors (Lipinski definition) is 1. The highest BCUT2D eigenvalue weighted by atomic mass is 16.5. The van der Waals surface area contributed by atoms with E-state index >= 15 is 0 Å². The molecule has 1 N–H and O–H groups in total. The van der Waals surface area contributed by atoms with E-state index in [2.05, 4.69) is 4.90 Å². The van der Waals surface area contributed by atoms with E-state index in [9.17, 15) is 4.79 Å². The number of carbonyl (C=O) groups excluding carboxylic acids is 1. The molecule has 0 spiro atoms. The highest BCUT2D eigenvalue weighted by molar-refractivity contribution is 5.96. The van der Waals surface area contributed by atoms with Gasteiger partial charge in [0.25, 0.3) is 0 Å². The molecule has 3 rings (SSSR count). The lowest BCUT2D eigenvalue weighted by atomic mass is 10.1. The number of hydrogen-bond acceptors (Lipinski definition) is 5. The first kappa shape index (κ1) is 16.5. The van der Waals surface area contributed by atoms with Crippen LogP contribution in [0.4, 0.5) is 5.69 Å². The summed E-state index contributed by atoms with van der Waals surface area (Å²) in [6.45, 7) is 3.56. The van der Waals surface area contributed by atoms with E-state index in [0.717, 1.165) is 23.7 Å². The van der Waals surface area contributed by atoms with Crippen molar-refractivity contribution >= 4 is 11.6 Å². The van der Waals surface area contributed by atoms with Gasteiger partial charge in [0.2, 0.25) is 5.91 Å². The fourth-order valence-corrected chi connectivity index (χ4v) is 3.13. The number of piperazine rings is 1. The molecule has 1 amide bonds. The Morgan fingerprint density at radius 3 is 2.75 bits per heavy atom. The number of nitrogens with zero attached hydrogens (tertiary/aromatic N) is 2. The molecule has 2 heterocycles. The van der Waals surface area contributed by atoms with Crippen molar-refractivity contribution in [3.8, 4) is 5.75 Å². The molecule has 1 saturated heterocycles. The first-order valence-corrected chi connectivity index (χ1v) is 7.97. The molecule has 6 nitrogen and oxygen atoms in total. The number of amides is 1. The van der Waals surface area contributed by atoms with E-state index in [0.29, 0.717) is 18.8 Å². The molecule has 0 radical (unpaired) electrons. The minimum Gasteiger partial charge on any atom is -0.497 e. The van der Waals surface area contributed by atoms with E-state index < -0.39 is 0 Å². The number of methoxy groups -OCH3 is 1. The first-order chi connectivity index (χ1) is 11.6. The minimum atomic E-state index is -0.112.